The van der Waals surface area contributed by atoms with Gasteiger partial charge in [0.15, 0.2) is 0 Å². The summed E-state index contributed by atoms with van der Waals surface area (Å²) in [6.45, 7) is 6.98. The molecule has 0 saturated carbocycles. The van der Waals surface area contributed by atoms with Gasteiger partial charge in [0.2, 0.25) is 11.7 Å². The zero-order chi connectivity index (χ0) is 28.3. The maximum absolute atomic E-state index is 12.9. The number of ether oxygens (including phenoxy) is 2. The van der Waals surface area contributed by atoms with Gasteiger partial charge in [0, 0.05) is 36.8 Å². The second-order valence-electron chi connectivity index (χ2n) is 11.9. The number of benzene rings is 1. The summed E-state index contributed by atoms with van der Waals surface area (Å²) in [7, 11) is 2.07. The predicted molar refractivity (Wildman–Crippen MR) is 164 cm³/mol. The van der Waals surface area contributed by atoms with Crippen LogP contribution in [0.2, 0.25) is 0 Å². The standard InChI is InChI=1S/C32H40N6O3.ClH/c1-22-19-24(30-26-11-16-38(21-25-5-4-17-40-25)31(26)35-29(20-33)34-30)7-8-28(22)41-18-12-23-9-14-37(15-10-23)32(39)27-6-3-13-36(27)2;/h7-8,11,16,19,23,25,27H,3-6,9-10,12-15,17-18,21H2,1-2H3;1H/t25?,27-;/m0./s1. The highest BCUT2D eigenvalue weighted by Gasteiger charge is 2.33. The summed E-state index contributed by atoms with van der Waals surface area (Å²) in [5.74, 6) is 1.93. The van der Waals surface area contributed by atoms with Crippen molar-refractivity contribution in [2.75, 3.05) is 39.9 Å². The molecule has 3 saturated heterocycles. The van der Waals surface area contributed by atoms with E-state index in [-0.39, 0.29) is 30.4 Å². The maximum Gasteiger partial charge on any atom is 0.239 e. The number of nitrogens with zero attached hydrogens (tertiary/aromatic N) is 6. The SMILES string of the molecule is Cc1cc(-c2nc(C#N)nc3c2ccn3CC2CCCO2)ccc1OCCC1CCN(C(=O)[C@@H]2CCCN2C)CC1.Cl. The van der Waals surface area contributed by atoms with E-state index in [9.17, 15) is 10.1 Å². The summed E-state index contributed by atoms with van der Waals surface area (Å²) in [5, 5.41) is 10.6. The molecule has 1 amide bonds. The fraction of sp³-hybridized carbons (Fsp3) is 0.562. The van der Waals surface area contributed by atoms with Crippen molar-refractivity contribution in [3.05, 3.63) is 41.9 Å². The average molecular weight is 593 g/mol. The first-order valence-electron chi connectivity index (χ1n) is 15.1. The summed E-state index contributed by atoms with van der Waals surface area (Å²) in [5.41, 5.74) is 3.51. The van der Waals surface area contributed by atoms with Crippen LogP contribution in [0.3, 0.4) is 0 Å². The van der Waals surface area contributed by atoms with E-state index in [2.05, 4.69) is 50.4 Å². The molecular formula is C32H41ClN6O3. The third-order valence-corrected chi connectivity index (χ3v) is 9.11. The Balaban J connectivity index is 0.00000353. The number of aryl methyl sites for hydroxylation is 1. The van der Waals surface area contributed by atoms with Crippen molar-refractivity contribution < 1.29 is 14.3 Å². The molecule has 42 heavy (non-hydrogen) atoms. The highest BCUT2D eigenvalue weighted by atomic mass is 35.5. The lowest BCUT2D eigenvalue weighted by atomic mass is 9.93. The molecule has 0 aliphatic carbocycles. The molecule has 0 N–H and O–H groups in total. The van der Waals surface area contributed by atoms with Crippen LogP contribution in [0, 0.1) is 24.2 Å². The molecule has 1 aromatic carbocycles. The third kappa shape index (κ3) is 6.41. The summed E-state index contributed by atoms with van der Waals surface area (Å²) in [6.07, 6.45) is 9.51. The van der Waals surface area contributed by atoms with Gasteiger partial charge in [-0.2, -0.15) is 5.26 Å². The molecule has 3 aliphatic rings. The average Bonchev–Trinajstić information content (AvgIpc) is 3.76. The number of piperidine rings is 1. The van der Waals surface area contributed by atoms with E-state index in [1.54, 1.807) is 0 Å². The molecule has 9 nitrogen and oxygen atoms in total. The van der Waals surface area contributed by atoms with Crippen LogP contribution in [0.5, 0.6) is 5.75 Å². The molecular weight excluding hydrogens is 552 g/mol. The Morgan fingerprint density at radius 3 is 2.64 bits per heavy atom. The molecule has 3 aromatic rings. The number of carbonyl (C=O) groups excluding carboxylic acids is 1. The molecule has 2 aromatic heterocycles. The number of likely N-dealkylation sites (N-methyl/N-ethyl adjacent to an activating group) is 1. The number of likely N-dealkylation sites (tertiary alicyclic amines) is 2. The lowest BCUT2D eigenvalue weighted by molar-refractivity contribution is -0.137. The second-order valence-corrected chi connectivity index (χ2v) is 11.9. The van der Waals surface area contributed by atoms with Gasteiger partial charge in [-0.25, -0.2) is 9.97 Å². The van der Waals surface area contributed by atoms with E-state index in [1.807, 2.05) is 24.4 Å². The monoisotopic (exact) mass is 592 g/mol. The van der Waals surface area contributed by atoms with E-state index < -0.39 is 0 Å². The number of hydrogen-bond donors (Lipinski definition) is 0. The van der Waals surface area contributed by atoms with Gasteiger partial charge in [-0.3, -0.25) is 9.69 Å². The molecule has 2 atom stereocenters. The highest BCUT2D eigenvalue weighted by Crippen LogP contribution is 2.32. The van der Waals surface area contributed by atoms with Gasteiger partial charge in [0.25, 0.3) is 0 Å². The fourth-order valence-corrected chi connectivity index (χ4v) is 6.66. The van der Waals surface area contributed by atoms with Crippen molar-refractivity contribution in [3.8, 4) is 23.1 Å². The Bertz CT molecular complexity index is 1440. The van der Waals surface area contributed by atoms with Crippen molar-refractivity contribution >= 4 is 29.3 Å². The minimum absolute atomic E-state index is 0. The van der Waals surface area contributed by atoms with Crippen LogP contribution in [0.25, 0.3) is 22.3 Å². The van der Waals surface area contributed by atoms with Crippen LogP contribution in [0.4, 0.5) is 0 Å². The summed E-state index contributed by atoms with van der Waals surface area (Å²) in [4.78, 5) is 26.3. The summed E-state index contributed by atoms with van der Waals surface area (Å²) in [6, 6.07) is 10.4. The topological polar surface area (TPSA) is 96.5 Å². The van der Waals surface area contributed by atoms with Crippen molar-refractivity contribution in [2.24, 2.45) is 5.92 Å². The van der Waals surface area contributed by atoms with Crippen LogP contribution in [-0.4, -0.2) is 82.3 Å². The lowest BCUT2D eigenvalue weighted by Gasteiger charge is -2.34. The van der Waals surface area contributed by atoms with Gasteiger partial charge < -0.3 is 18.9 Å². The predicted octanol–water partition coefficient (Wildman–Crippen LogP) is 4.98. The molecule has 0 bridgehead atoms. The summed E-state index contributed by atoms with van der Waals surface area (Å²) < 4.78 is 14.1. The Morgan fingerprint density at radius 2 is 1.95 bits per heavy atom. The fourth-order valence-electron chi connectivity index (χ4n) is 6.66. The van der Waals surface area contributed by atoms with Crippen LogP contribution >= 0.6 is 12.4 Å². The Hall–Kier alpha value is -3.19. The Kier molecular flexibility index (Phi) is 9.67. The van der Waals surface area contributed by atoms with Gasteiger partial charge in [0.05, 0.1) is 31.0 Å². The van der Waals surface area contributed by atoms with E-state index in [0.717, 1.165) is 111 Å². The molecule has 224 valence electrons. The number of aromatic nitrogens is 3. The van der Waals surface area contributed by atoms with Gasteiger partial charge in [-0.05, 0) is 101 Å². The van der Waals surface area contributed by atoms with Gasteiger partial charge in [-0.15, -0.1) is 12.4 Å². The van der Waals surface area contributed by atoms with Gasteiger partial charge in [0.1, 0.15) is 17.5 Å². The van der Waals surface area contributed by atoms with Crippen LogP contribution in [0.15, 0.2) is 30.5 Å². The van der Waals surface area contributed by atoms with Crippen molar-refractivity contribution in [1.29, 1.82) is 5.26 Å². The van der Waals surface area contributed by atoms with Crippen molar-refractivity contribution in [1.82, 2.24) is 24.3 Å². The minimum atomic E-state index is 0. The highest BCUT2D eigenvalue weighted by molar-refractivity contribution is 5.91. The van der Waals surface area contributed by atoms with Gasteiger partial charge >= 0.3 is 0 Å². The van der Waals surface area contributed by atoms with E-state index in [4.69, 9.17) is 9.47 Å². The zero-order valence-electron chi connectivity index (χ0n) is 24.6. The smallest absolute Gasteiger partial charge is 0.239 e. The van der Waals surface area contributed by atoms with Crippen molar-refractivity contribution in [3.63, 3.8) is 0 Å². The van der Waals surface area contributed by atoms with Crippen LogP contribution in [0.1, 0.15) is 56.3 Å². The number of amides is 1. The van der Waals surface area contributed by atoms with E-state index in [0.29, 0.717) is 18.4 Å². The first-order valence-corrected chi connectivity index (χ1v) is 15.1. The van der Waals surface area contributed by atoms with E-state index in [1.165, 1.54) is 0 Å². The summed E-state index contributed by atoms with van der Waals surface area (Å²) >= 11 is 0. The second kappa shape index (κ2) is 13.4. The molecule has 0 spiro atoms. The number of hydrogen-bond acceptors (Lipinski definition) is 7. The molecule has 1 unspecified atom stereocenters. The molecule has 10 heteroatoms. The Labute approximate surface area is 254 Å². The molecule has 6 rings (SSSR count). The molecule has 3 aliphatic heterocycles. The first kappa shape index (κ1) is 30.3. The van der Waals surface area contributed by atoms with Crippen LogP contribution < -0.4 is 4.74 Å². The minimum Gasteiger partial charge on any atom is -0.493 e. The van der Waals surface area contributed by atoms with Gasteiger partial charge in [-0.1, -0.05) is 0 Å². The third-order valence-electron chi connectivity index (χ3n) is 9.11. The largest absolute Gasteiger partial charge is 0.493 e. The zero-order valence-corrected chi connectivity index (χ0v) is 25.4. The number of carbonyl (C=O) groups is 1. The quantitative estimate of drug-likeness (QED) is 0.364. The normalized spacial score (nSPS) is 21.4. The molecule has 5 heterocycles. The Morgan fingerprint density at radius 1 is 1.12 bits per heavy atom. The lowest BCUT2D eigenvalue weighted by Crippen LogP contribution is -2.47. The number of fused-ring (bicyclic) bond motifs is 1. The van der Waals surface area contributed by atoms with Crippen molar-refractivity contribution in [2.45, 2.75) is 70.6 Å². The molecule has 0 radical (unpaired) electrons. The number of rotatable bonds is 8. The molecule has 3 fully saturated rings. The maximum atomic E-state index is 12.9. The van der Waals surface area contributed by atoms with Crippen LogP contribution in [-0.2, 0) is 16.1 Å². The number of halogens is 1. The number of nitriles is 1. The first-order chi connectivity index (χ1) is 20.0. The van der Waals surface area contributed by atoms with E-state index >= 15 is 0 Å².